The number of carbonyl (C=O) groups excluding carboxylic acids is 2. The highest BCUT2D eigenvalue weighted by atomic mass is 32.1. The molecule has 1 aliphatic heterocycles. The number of nitrogens with one attached hydrogen (secondary N) is 2. The normalized spacial score (nSPS) is 17.6. The highest BCUT2D eigenvalue weighted by Gasteiger charge is 2.30. The first kappa shape index (κ1) is 21.0. The third-order valence-electron chi connectivity index (χ3n) is 5.87. The van der Waals surface area contributed by atoms with Crippen LogP contribution in [-0.2, 0) is 29.1 Å². The van der Waals surface area contributed by atoms with Gasteiger partial charge in [-0.15, -0.1) is 11.3 Å². The Morgan fingerprint density at radius 1 is 1.10 bits per heavy atom. The van der Waals surface area contributed by atoms with E-state index in [9.17, 15) is 9.59 Å². The number of nitrogens with zero attached hydrogens (tertiary/aromatic N) is 2. The molecule has 4 rings (SSSR count). The van der Waals surface area contributed by atoms with Gasteiger partial charge in [0.2, 0.25) is 11.8 Å². The molecule has 2 heterocycles. The van der Waals surface area contributed by atoms with Crippen molar-refractivity contribution in [1.82, 2.24) is 15.2 Å². The van der Waals surface area contributed by atoms with Crippen molar-refractivity contribution in [3.8, 4) is 0 Å². The predicted molar refractivity (Wildman–Crippen MR) is 119 cm³/mol. The summed E-state index contributed by atoms with van der Waals surface area (Å²) >= 11 is 1.37. The smallest absolute Gasteiger partial charge is 0.229 e. The van der Waals surface area contributed by atoms with Gasteiger partial charge in [-0.25, -0.2) is 4.98 Å². The van der Waals surface area contributed by atoms with Gasteiger partial charge < -0.3 is 10.6 Å². The van der Waals surface area contributed by atoms with Gasteiger partial charge in [-0.2, -0.15) is 0 Å². The van der Waals surface area contributed by atoms with Gasteiger partial charge in [0.1, 0.15) is 0 Å². The standard InChI is InChI=1S/C23H30N4O2S/c1-16-8-10-27(11-9-16)14-18-4-2-17(3-5-18)13-24-21(28)12-20-15-30-23(25-20)26-22(29)19-6-7-19/h2-5,15-16,19H,6-14H2,1H3,(H,24,28)(H,25,26,29). The Labute approximate surface area is 182 Å². The minimum absolute atomic E-state index is 0.0404. The summed E-state index contributed by atoms with van der Waals surface area (Å²) in [5.41, 5.74) is 3.10. The van der Waals surface area contributed by atoms with E-state index in [0.717, 1.165) is 30.9 Å². The first-order valence-electron chi connectivity index (χ1n) is 10.9. The van der Waals surface area contributed by atoms with E-state index in [1.54, 1.807) is 0 Å². The molecule has 2 aromatic rings. The summed E-state index contributed by atoms with van der Waals surface area (Å²) in [5, 5.41) is 8.19. The van der Waals surface area contributed by atoms with Crippen LogP contribution in [0.25, 0.3) is 0 Å². The van der Waals surface area contributed by atoms with Crippen molar-refractivity contribution >= 4 is 28.3 Å². The van der Waals surface area contributed by atoms with Crippen molar-refractivity contribution in [2.45, 2.75) is 52.1 Å². The number of amides is 2. The van der Waals surface area contributed by atoms with Crippen molar-refractivity contribution in [3.63, 3.8) is 0 Å². The molecule has 0 unspecified atom stereocenters. The molecular weight excluding hydrogens is 396 g/mol. The van der Waals surface area contributed by atoms with E-state index in [1.807, 2.05) is 5.38 Å². The molecule has 160 valence electrons. The number of carbonyl (C=O) groups is 2. The summed E-state index contributed by atoms with van der Waals surface area (Å²) in [5.74, 6) is 0.978. The van der Waals surface area contributed by atoms with E-state index in [0.29, 0.717) is 17.4 Å². The molecule has 0 spiro atoms. The fraction of sp³-hybridized carbons (Fsp3) is 0.522. The van der Waals surface area contributed by atoms with Crippen molar-refractivity contribution in [3.05, 3.63) is 46.5 Å². The Hall–Kier alpha value is -2.25. The Balaban J connectivity index is 1.19. The highest BCUT2D eigenvalue weighted by Crippen LogP contribution is 2.30. The van der Waals surface area contributed by atoms with Crippen LogP contribution in [0.15, 0.2) is 29.6 Å². The lowest BCUT2D eigenvalue weighted by molar-refractivity contribution is -0.120. The summed E-state index contributed by atoms with van der Waals surface area (Å²) in [7, 11) is 0. The third kappa shape index (κ3) is 6.12. The van der Waals surface area contributed by atoms with Crippen LogP contribution in [0.5, 0.6) is 0 Å². The van der Waals surface area contributed by atoms with E-state index < -0.39 is 0 Å². The SMILES string of the molecule is CC1CCN(Cc2ccc(CNC(=O)Cc3csc(NC(=O)C4CC4)n3)cc2)CC1. The molecule has 2 fully saturated rings. The third-order valence-corrected chi connectivity index (χ3v) is 6.67. The van der Waals surface area contributed by atoms with E-state index in [4.69, 9.17) is 0 Å². The van der Waals surface area contributed by atoms with Gasteiger partial charge in [-0.1, -0.05) is 31.2 Å². The van der Waals surface area contributed by atoms with Gasteiger partial charge in [0, 0.05) is 24.4 Å². The maximum Gasteiger partial charge on any atom is 0.229 e. The molecule has 7 heteroatoms. The fourth-order valence-corrected chi connectivity index (χ4v) is 4.38. The van der Waals surface area contributed by atoms with E-state index in [2.05, 4.69) is 51.7 Å². The summed E-state index contributed by atoms with van der Waals surface area (Å²) < 4.78 is 0. The second-order valence-electron chi connectivity index (χ2n) is 8.64. The maximum atomic E-state index is 12.3. The van der Waals surface area contributed by atoms with Crippen LogP contribution >= 0.6 is 11.3 Å². The lowest BCUT2D eigenvalue weighted by Gasteiger charge is -2.30. The summed E-state index contributed by atoms with van der Waals surface area (Å²) in [6, 6.07) is 8.51. The number of rotatable bonds is 8. The Bertz CT molecular complexity index is 868. The molecule has 0 radical (unpaired) electrons. The monoisotopic (exact) mass is 426 g/mol. The van der Waals surface area contributed by atoms with Gasteiger partial charge in [-0.3, -0.25) is 14.5 Å². The Kier molecular flexibility index (Phi) is 6.79. The van der Waals surface area contributed by atoms with Gasteiger partial charge in [0.25, 0.3) is 0 Å². The lowest BCUT2D eigenvalue weighted by atomic mass is 9.99. The molecule has 2 N–H and O–H groups in total. The first-order chi connectivity index (χ1) is 14.5. The second-order valence-corrected chi connectivity index (χ2v) is 9.49. The molecule has 1 aromatic heterocycles. The number of anilines is 1. The van der Waals surface area contributed by atoms with Crippen LogP contribution in [0.3, 0.4) is 0 Å². The van der Waals surface area contributed by atoms with E-state index in [1.165, 1.54) is 42.8 Å². The van der Waals surface area contributed by atoms with E-state index in [-0.39, 0.29) is 24.2 Å². The molecule has 0 atom stereocenters. The summed E-state index contributed by atoms with van der Waals surface area (Å²) in [6.07, 6.45) is 4.73. The lowest BCUT2D eigenvalue weighted by Crippen LogP contribution is -2.32. The zero-order valence-corrected chi connectivity index (χ0v) is 18.3. The molecule has 2 amide bonds. The van der Waals surface area contributed by atoms with Gasteiger partial charge >= 0.3 is 0 Å². The summed E-state index contributed by atoms with van der Waals surface area (Å²) in [6.45, 7) is 6.21. The minimum Gasteiger partial charge on any atom is -0.352 e. The van der Waals surface area contributed by atoms with Crippen LogP contribution in [0.4, 0.5) is 5.13 Å². The largest absolute Gasteiger partial charge is 0.352 e. The van der Waals surface area contributed by atoms with Crippen LogP contribution < -0.4 is 10.6 Å². The molecule has 0 bridgehead atoms. The first-order valence-corrected chi connectivity index (χ1v) is 11.8. The number of thiazole rings is 1. The highest BCUT2D eigenvalue weighted by molar-refractivity contribution is 7.13. The number of benzene rings is 1. The van der Waals surface area contributed by atoms with Gasteiger partial charge in [0.05, 0.1) is 12.1 Å². The van der Waals surface area contributed by atoms with Crippen LogP contribution in [0.2, 0.25) is 0 Å². The topological polar surface area (TPSA) is 74.3 Å². The average molecular weight is 427 g/mol. The molecule has 30 heavy (non-hydrogen) atoms. The zero-order chi connectivity index (χ0) is 20.9. The molecule has 1 aromatic carbocycles. The van der Waals surface area contributed by atoms with Gasteiger partial charge in [-0.05, 0) is 55.8 Å². The van der Waals surface area contributed by atoms with Crippen molar-refractivity contribution < 1.29 is 9.59 Å². The second kappa shape index (κ2) is 9.71. The minimum atomic E-state index is -0.0631. The zero-order valence-electron chi connectivity index (χ0n) is 17.5. The van der Waals surface area contributed by atoms with Crippen LogP contribution in [0.1, 0.15) is 49.4 Å². The number of likely N-dealkylation sites (tertiary alicyclic amines) is 1. The maximum absolute atomic E-state index is 12.3. The van der Waals surface area contributed by atoms with Crippen molar-refractivity contribution in [2.24, 2.45) is 11.8 Å². The number of hydrogen-bond acceptors (Lipinski definition) is 5. The quantitative estimate of drug-likeness (QED) is 0.677. The van der Waals surface area contributed by atoms with Crippen LogP contribution in [-0.4, -0.2) is 34.8 Å². The number of hydrogen-bond donors (Lipinski definition) is 2. The number of aromatic nitrogens is 1. The fourth-order valence-electron chi connectivity index (χ4n) is 3.67. The van der Waals surface area contributed by atoms with Gasteiger partial charge in [0.15, 0.2) is 5.13 Å². The Morgan fingerprint density at radius 2 is 1.80 bits per heavy atom. The molecule has 6 nitrogen and oxygen atoms in total. The molecule has 2 aliphatic rings. The molecular formula is C23H30N4O2S. The Morgan fingerprint density at radius 3 is 2.50 bits per heavy atom. The van der Waals surface area contributed by atoms with E-state index >= 15 is 0 Å². The molecule has 1 saturated carbocycles. The summed E-state index contributed by atoms with van der Waals surface area (Å²) in [4.78, 5) is 30.9. The molecule has 1 aliphatic carbocycles. The predicted octanol–water partition coefficient (Wildman–Crippen LogP) is 3.58. The van der Waals surface area contributed by atoms with Crippen LogP contribution in [0, 0.1) is 11.8 Å². The number of piperidine rings is 1. The van der Waals surface area contributed by atoms with Crippen molar-refractivity contribution in [1.29, 1.82) is 0 Å². The molecule has 1 saturated heterocycles. The average Bonchev–Trinajstić information content (AvgIpc) is 3.51. The van der Waals surface area contributed by atoms with Crippen molar-refractivity contribution in [2.75, 3.05) is 18.4 Å².